The number of nitrogens with one attached hydrogen (secondary N) is 2. The van der Waals surface area contributed by atoms with Gasteiger partial charge in [-0.05, 0) is 36.6 Å². The number of alkyl halides is 3. The molecule has 0 spiro atoms. The van der Waals surface area contributed by atoms with Gasteiger partial charge in [0.05, 0.1) is 0 Å². The molecule has 25 heavy (non-hydrogen) atoms. The lowest BCUT2D eigenvalue weighted by molar-refractivity contribution is -0.274. The summed E-state index contributed by atoms with van der Waals surface area (Å²) in [6.07, 6.45) is -0.0140. The Morgan fingerprint density at radius 3 is 2.64 bits per heavy atom. The van der Waals surface area contributed by atoms with Crippen molar-refractivity contribution in [3.8, 4) is 5.75 Å². The molecule has 0 unspecified atom stereocenters. The van der Waals surface area contributed by atoms with Crippen LogP contribution in [0.4, 0.5) is 13.2 Å². The van der Waals surface area contributed by atoms with Crippen LogP contribution < -0.4 is 15.5 Å². The van der Waals surface area contributed by atoms with Gasteiger partial charge in [0.15, 0.2) is 0 Å². The van der Waals surface area contributed by atoms with Crippen LogP contribution in [0.25, 0.3) is 6.08 Å². The fourth-order valence-corrected chi connectivity index (χ4v) is 1.90. The number of benzene rings is 1. The molecule has 138 valence electrons. The molecular formula is C16H19F3N2O4. The van der Waals surface area contributed by atoms with Crippen molar-refractivity contribution in [3.05, 3.63) is 35.9 Å². The first-order valence-corrected chi connectivity index (χ1v) is 7.55. The van der Waals surface area contributed by atoms with Crippen molar-refractivity contribution in [1.29, 1.82) is 0 Å². The van der Waals surface area contributed by atoms with Gasteiger partial charge < -0.3 is 10.1 Å². The van der Waals surface area contributed by atoms with Crippen molar-refractivity contribution in [1.82, 2.24) is 10.8 Å². The second kappa shape index (κ2) is 10.3. The Morgan fingerprint density at radius 2 is 1.96 bits per heavy atom. The first-order chi connectivity index (χ1) is 11.8. The molecule has 6 nitrogen and oxygen atoms in total. The summed E-state index contributed by atoms with van der Waals surface area (Å²) in [7, 11) is 0. The average molecular weight is 360 g/mol. The molecular weight excluding hydrogens is 341 g/mol. The van der Waals surface area contributed by atoms with E-state index in [2.05, 4.69) is 10.1 Å². The number of rotatable bonds is 9. The summed E-state index contributed by atoms with van der Waals surface area (Å²) in [6, 6.07) is 5.27. The van der Waals surface area contributed by atoms with Crippen LogP contribution in [0.15, 0.2) is 30.3 Å². The monoisotopic (exact) mass is 360 g/mol. The minimum Gasteiger partial charge on any atom is -0.406 e. The molecule has 1 rings (SSSR count). The predicted octanol–water partition coefficient (Wildman–Crippen LogP) is 2.78. The van der Waals surface area contributed by atoms with E-state index in [0.29, 0.717) is 31.4 Å². The molecule has 2 amide bonds. The SMILES string of the molecule is O=C(/C=C\c1cccc(OC(F)(F)F)c1)NCCCCCC(=O)NO. The molecule has 0 aliphatic rings. The van der Waals surface area contributed by atoms with Gasteiger partial charge in [0.25, 0.3) is 0 Å². The minimum atomic E-state index is -4.77. The quantitative estimate of drug-likeness (QED) is 0.273. The lowest BCUT2D eigenvalue weighted by atomic mass is 10.2. The van der Waals surface area contributed by atoms with Crippen molar-refractivity contribution < 1.29 is 32.7 Å². The molecule has 0 radical (unpaired) electrons. The summed E-state index contributed by atoms with van der Waals surface area (Å²) in [6.45, 7) is 0.404. The zero-order valence-electron chi connectivity index (χ0n) is 13.3. The topological polar surface area (TPSA) is 87.7 Å². The van der Waals surface area contributed by atoms with Crippen molar-refractivity contribution in [2.24, 2.45) is 0 Å². The van der Waals surface area contributed by atoms with Crippen molar-refractivity contribution in [2.75, 3.05) is 6.54 Å². The number of hydrogen-bond donors (Lipinski definition) is 3. The van der Waals surface area contributed by atoms with Crippen LogP contribution in [-0.2, 0) is 9.59 Å². The molecule has 1 aromatic carbocycles. The van der Waals surface area contributed by atoms with Crippen molar-refractivity contribution in [3.63, 3.8) is 0 Å². The zero-order chi connectivity index (χ0) is 18.7. The highest BCUT2D eigenvalue weighted by molar-refractivity contribution is 5.91. The van der Waals surface area contributed by atoms with Gasteiger partial charge in [0.2, 0.25) is 11.8 Å². The molecule has 0 fully saturated rings. The van der Waals surface area contributed by atoms with Gasteiger partial charge in [-0.25, -0.2) is 5.48 Å². The number of hydrogen-bond acceptors (Lipinski definition) is 4. The number of carbonyl (C=O) groups is 2. The lowest BCUT2D eigenvalue weighted by Crippen LogP contribution is -2.22. The highest BCUT2D eigenvalue weighted by Gasteiger charge is 2.30. The van der Waals surface area contributed by atoms with Gasteiger partial charge in [-0.3, -0.25) is 14.8 Å². The maximum atomic E-state index is 12.1. The van der Waals surface area contributed by atoms with Crippen LogP contribution in [0.5, 0.6) is 5.75 Å². The second-order valence-corrected chi connectivity index (χ2v) is 5.09. The van der Waals surface area contributed by atoms with Crippen LogP contribution in [-0.4, -0.2) is 29.9 Å². The number of hydroxylamine groups is 1. The maximum Gasteiger partial charge on any atom is 0.573 e. The van der Waals surface area contributed by atoms with Crippen LogP contribution in [0.3, 0.4) is 0 Å². The summed E-state index contributed by atoms with van der Waals surface area (Å²) in [5.41, 5.74) is 1.93. The largest absolute Gasteiger partial charge is 0.573 e. The Bertz CT molecular complexity index is 603. The number of carbonyl (C=O) groups excluding carboxylic acids is 2. The Kier molecular flexibility index (Phi) is 8.48. The molecule has 9 heteroatoms. The van der Waals surface area contributed by atoms with Crippen LogP contribution in [0.1, 0.15) is 31.2 Å². The van der Waals surface area contributed by atoms with Gasteiger partial charge in [-0.1, -0.05) is 18.6 Å². The first-order valence-electron chi connectivity index (χ1n) is 7.55. The Hall–Kier alpha value is -2.55. The number of amides is 2. The maximum absolute atomic E-state index is 12.1. The molecule has 0 aromatic heterocycles. The van der Waals surface area contributed by atoms with Gasteiger partial charge in [0, 0.05) is 19.0 Å². The molecule has 0 atom stereocenters. The van der Waals surface area contributed by atoms with Crippen LogP contribution in [0.2, 0.25) is 0 Å². The minimum absolute atomic E-state index is 0.209. The van der Waals surface area contributed by atoms with E-state index in [9.17, 15) is 22.8 Å². The Labute approximate surface area is 142 Å². The average Bonchev–Trinajstić information content (AvgIpc) is 2.54. The van der Waals surface area contributed by atoms with E-state index in [0.717, 1.165) is 0 Å². The highest BCUT2D eigenvalue weighted by atomic mass is 19.4. The van der Waals surface area contributed by atoms with Gasteiger partial charge in [-0.15, -0.1) is 13.2 Å². The molecule has 0 heterocycles. The predicted molar refractivity (Wildman–Crippen MR) is 83.6 cm³/mol. The van der Waals surface area contributed by atoms with Crippen LogP contribution >= 0.6 is 0 Å². The lowest BCUT2D eigenvalue weighted by Gasteiger charge is -2.08. The number of unbranched alkanes of at least 4 members (excludes halogenated alkanes) is 2. The summed E-state index contributed by atoms with van der Waals surface area (Å²) >= 11 is 0. The standard InChI is InChI=1S/C16H19F3N2O4/c17-16(18,19)25-13-6-4-5-12(11-13)8-9-14(22)20-10-3-1-2-7-15(23)21-24/h4-6,8-9,11,24H,1-3,7,10H2,(H,20,22)(H,21,23)/b9-8-. The third-order valence-electron chi connectivity index (χ3n) is 3.02. The second-order valence-electron chi connectivity index (χ2n) is 5.09. The molecule has 0 saturated carbocycles. The molecule has 0 bridgehead atoms. The van der Waals surface area contributed by atoms with Gasteiger partial charge in [0.1, 0.15) is 5.75 Å². The Morgan fingerprint density at radius 1 is 1.20 bits per heavy atom. The Balaban J connectivity index is 2.32. The fourth-order valence-electron chi connectivity index (χ4n) is 1.90. The van der Waals surface area contributed by atoms with E-state index in [1.165, 1.54) is 35.8 Å². The van der Waals surface area contributed by atoms with E-state index in [1.807, 2.05) is 0 Å². The molecule has 3 N–H and O–H groups in total. The third-order valence-corrected chi connectivity index (χ3v) is 3.02. The fraction of sp³-hybridized carbons (Fsp3) is 0.375. The first kappa shape index (κ1) is 20.5. The van der Waals surface area contributed by atoms with E-state index in [1.54, 1.807) is 6.07 Å². The third kappa shape index (κ3) is 10.0. The van der Waals surface area contributed by atoms with Crippen molar-refractivity contribution in [2.45, 2.75) is 32.0 Å². The molecule has 0 aliphatic heterocycles. The van der Waals surface area contributed by atoms with E-state index >= 15 is 0 Å². The highest BCUT2D eigenvalue weighted by Crippen LogP contribution is 2.23. The summed E-state index contributed by atoms with van der Waals surface area (Å²) in [4.78, 5) is 22.4. The van der Waals surface area contributed by atoms with Crippen LogP contribution in [0, 0.1) is 0 Å². The summed E-state index contributed by atoms with van der Waals surface area (Å²) in [5, 5.41) is 10.9. The summed E-state index contributed by atoms with van der Waals surface area (Å²) < 4.78 is 40.2. The van der Waals surface area contributed by atoms with Crippen molar-refractivity contribution >= 4 is 17.9 Å². The van der Waals surface area contributed by atoms with Gasteiger partial charge in [-0.2, -0.15) is 0 Å². The normalized spacial score (nSPS) is 11.4. The van der Waals surface area contributed by atoms with Gasteiger partial charge >= 0.3 is 6.36 Å². The number of halogens is 3. The number of ether oxygens (including phenoxy) is 1. The smallest absolute Gasteiger partial charge is 0.406 e. The zero-order valence-corrected chi connectivity index (χ0v) is 13.3. The van der Waals surface area contributed by atoms with E-state index < -0.39 is 12.3 Å². The molecule has 0 aliphatic carbocycles. The molecule has 1 aromatic rings. The molecule has 0 saturated heterocycles. The van der Waals surface area contributed by atoms with E-state index in [-0.39, 0.29) is 18.1 Å². The van der Waals surface area contributed by atoms with E-state index in [4.69, 9.17) is 5.21 Å². The summed E-state index contributed by atoms with van der Waals surface area (Å²) in [5.74, 6) is -1.19.